The molecular weight excluding hydrogens is 721 g/mol. The van der Waals surface area contributed by atoms with Crippen molar-refractivity contribution >= 4 is 61.0 Å². The number of aliphatic carboxylic acids is 1. The molecule has 0 unspecified atom stereocenters. The Morgan fingerprint density at radius 1 is 0.926 bits per heavy atom. The van der Waals surface area contributed by atoms with Crippen LogP contribution in [0, 0.1) is 11.8 Å². The third kappa shape index (κ3) is 10.5. The molecule has 2 aromatic heterocycles. The van der Waals surface area contributed by atoms with Crippen molar-refractivity contribution in [1.82, 2.24) is 9.97 Å². The highest BCUT2D eigenvalue weighted by molar-refractivity contribution is 7.22. The zero-order valence-electron chi connectivity index (χ0n) is 30.4. The first kappa shape index (κ1) is 38.5. The van der Waals surface area contributed by atoms with E-state index in [0.29, 0.717) is 48.9 Å². The Kier molecular flexibility index (Phi) is 13.7. The number of amides is 1. The number of unbranched alkanes of at least 4 members (excludes halogenated alkanes) is 5. The molecule has 12 heteroatoms. The van der Waals surface area contributed by atoms with Gasteiger partial charge in [-0.05, 0) is 92.6 Å². The number of para-hydroxylation sites is 1. The summed E-state index contributed by atoms with van der Waals surface area (Å²) in [4.78, 5) is 49.5. The van der Waals surface area contributed by atoms with Crippen LogP contribution in [0.1, 0.15) is 101 Å². The van der Waals surface area contributed by atoms with Crippen LogP contribution in [0.3, 0.4) is 0 Å². The van der Waals surface area contributed by atoms with Gasteiger partial charge in [-0.1, -0.05) is 66.7 Å². The van der Waals surface area contributed by atoms with Crippen LogP contribution in [0.25, 0.3) is 10.2 Å². The van der Waals surface area contributed by atoms with Crippen molar-refractivity contribution in [1.29, 1.82) is 0 Å². The number of aromatic nitrogens is 2. The molecule has 6 rings (SSSR count). The lowest BCUT2D eigenvalue weighted by atomic mass is 9.94. The Bertz CT molecular complexity index is 2100. The van der Waals surface area contributed by atoms with Crippen LogP contribution in [0.5, 0.6) is 5.75 Å². The second-order valence-electron chi connectivity index (χ2n) is 13.0. The molecule has 0 radical (unpaired) electrons. The maximum atomic E-state index is 13.5. The highest BCUT2D eigenvalue weighted by Gasteiger charge is 2.27. The zero-order chi connectivity index (χ0) is 37.7. The van der Waals surface area contributed by atoms with Crippen LogP contribution in [0.2, 0.25) is 0 Å². The van der Waals surface area contributed by atoms with E-state index in [1.165, 1.54) is 22.7 Å². The molecule has 0 spiro atoms. The topological polar surface area (TPSA) is 131 Å². The van der Waals surface area contributed by atoms with Gasteiger partial charge in [0.2, 0.25) is 0 Å². The average molecular weight is 765 g/mol. The highest BCUT2D eigenvalue weighted by atomic mass is 32.1. The number of esters is 1. The van der Waals surface area contributed by atoms with Crippen molar-refractivity contribution in [2.24, 2.45) is 0 Å². The summed E-state index contributed by atoms with van der Waals surface area (Å²) in [5.41, 5.74) is 4.80. The van der Waals surface area contributed by atoms with Gasteiger partial charge < -0.3 is 19.5 Å². The quantitative estimate of drug-likeness (QED) is 0.0542. The number of fused-ring (bicyclic) bond motifs is 2. The largest absolute Gasteiger partial charge is 0.494 e. The second-order valence-corrected chi connectivity index (χ2v) is 15.1. The SMILES string of the molecule is CCOC(=O)c1nc(N2CCc3cccc(C(=O)Nc4nc5ccccc5s4)c3C2)sc1CCCOc1ccc(C#CCCCCCCCC(=O)O)cc1. The Balaban J connectivity index is 1.02. The summed E-state index contributed by atoms with van der Waals surface area (Å²) in [6.45, 7) is 3.72. The van der Waals surface area contributed by atoms with Crippen molar-refractivity contribution in [3.63, 3.8) is 0 Å². The normalized spacial score (nSPS) is 12.1. The van der Waals surface area contributed by atoms with Gasteiger partial charge in [0.25, 0.3) is 5.91 Å². The number of thiazole rings is 2. The molecule has 54 heavy (non-hydrogen) atoms. The number of anilines is 2. The fourth-order valence-corrected chi connectivity index (χ4v) is 8.27. The molecule has 0 saturated carbocycles. The van der Waals surface area contributed by atoms with Gasteiger partial charge in [0, 0.05) is 41.9 Å². The fourth-order valence-electron chi connectivity index (χ4n) is 6.29. The number of carbonyl (C=O) groups excluding carboxylic acids is 2. The lowest BCUT2D eigenvalue weighted by molar-refractivity contribution is -0.137. The summed E-state index contributed by atoms with van der Waals surface area (Å²) < 4.78 is 12.4. The number of rotatable bonds is 17. The number of hydrogen-bond acceptors (Lipinski definition) is 10. The van der Waals surface area contributed by atoms with E-state index < -0.39 is 11.9 Å². The molecule has 0 saturated heterocycles. The maximum absolute atomic E-state index is 13.5. The van der Waals surface area contributed by atoms with Gasteiger partial charge >= 0.3 is 11.9 Å². The summed E-state index contributed by atoms with van der Waals surface area (Å²) >= 11 is 2.94. The highest BCUT2D eigenvalue weighted by Crippen LogP contribution is 2.34. The first-order valence-corrected chi connectivity index (χ1v) is 20.1. The minimum Gasteiger partial charge on any atom is -0.494 e. The van der Waals surface area contributed by atoms with E-state index in [1.807, 2.05) is 60.7 Å². The van der Waals surface area contributed by atoms with Gasteiger partial charge in [-0.3, -0.25) is 14.9 Å². The molecule has 280 valence electrons. The zero-order valence-corrected chi connectivity index (χ0v) is 32.0. The summed E-state index contributed by atoms with van der Waals surface area (Å²) in [5, 5.41) is 13.0. The van der Waals surface area contributed by atoms with Crippen LogP contribution in [-0.4, -0.2) is 52.7 Å². The molecule has 2 N–H and O–H groups in total. The van der Waals surface area contributed by atoms with Gasteiger partial charge in [-0.25, -0.2) is 14.8 Å². The number of hydrogen-bond donors (Lipinski definition) is 2. The smallest absolute Gasteiger partial charge is 0.358 e. The summed E-state index contributed by atoms with van der Waals surface area (Å²) in [6.07, 6.45) is 7.91. The summed E-state index contributed by atoms with van der Waals surface area (Å²) in [7, 11) is 0. The molecule has 0 fully saturated rings. The van der Waals surface area contributed by atoms with E-state index in [-0.39, 0.29) is 18.9 Å². The number of carboxylic acids is 1. The van der Waals surface area contributed by atoms with Gasteiger partial charge in [0.15, 0.2) is 16.0 Å². The number of carboxylic acid groups (broad SMARTS) is 1. The Morgan fingerprint density at radius 2 is 1.74 bits per heavy atom. The predicted octanol–water partition coefficient (Wildman–Crippen LogP) is 8.92. The van der Waals surface area contributed by atoms with E-state index in [4.69, 9.17) is 19.6 Å². The minimum absolute atomic E-state index is 0.197. The number of aryl methyl sites for hydroxylation is 1. The van der Waals surface area contributed by atoms with Gasteiger partial charge in [-0.15, -0.1) is 11.3 Å². The lowest BCUT2D eigenvalue weighted by Gasteiger charge is -2.29. The first-order chi connectivity index (χ1) is 26.4. The van der Waals surface area contributed by atoms with Gasteiger partial charge in [0.1, 0.15) is 5.75 Å². The average Bonchev–Trinajstić information content (AvgIpc) is 3.80. The molecule has 10 nitrogen and oxygen atoms in total. The molecule has 5 aromatic rings. The van der Waals surface area contributed by atoms with Crippen LogP contribution >= 0.6 is 22.7 Å². The molecular formula is C42H44N4O6S2. The minimum atomic E-state index is -0.727. The third-order valence-electron chi connectivity index (χ3n) is 9.05. The fraction of sp³-hybridized carbons (Fsp3) is 0.357. The van der Waals surface area contributed by atoms with Crippen LogP contribution in [-0.2, 0) is 28.9 Å². The number of nitrogens with zero attached hydrogens (tertiary/aromatic N) is 3. The lowest BCUT2D eigenvalue weighted by Crippen LogP contribution is -2.32. The van der Waals surface area contributed by atoms with E-state index in [0.717, 1.165) is 87.6 Å². The third-order valence-corrected chi connectivity index (χ3v) is 11.2. The van der Waals surface area contributed by atoms with Crippen LogP contribution in [0.4, 0.5) is 10.3 Å². The monoisotopic (exact) mass is 764 g/mol. The number of nitrogens with one attached hydrogen (secondary N) is 1. The number of ether oxygens (including phenoxy) is 2. The number of carbonyl (C=O) groups is 3. The Hall–Kier alpha value is -5.25. The molecule has 0 atom stereocenters. The van der Waals surface area contributed by atoms with Crippen molar-refractivity contribution in [3.05, 3.63) is 99.6 Å². The Labute approximate surface area is 323 Å². The van der Waals surface area contributed by atoms with Crippen molar-refractivity contribution in [3.8, 4) is 17.6 Å². The molecule has 3 heterocycles. The van der Waals surface area contributed by atoms with Crippen LogP contribution < -0.4 is 15.0 Å². The molecule has 3 aromatic carbocycles. The van der Waals surface area contributed by atoms with Gasteiger partial charge in [-0.2, -0.15) is 0 Å². The summed E-state index contributed by atoms with van der Waals surface area (Å²) in [5.74, 6) is 5.83. The van der Waals surface area contributed by atoms with Crippen molar-refractivity contribution in [2.45, 2.75) is 77.7 Å². The van der Waals surface area contributed by atoms with E-state index in [9.17, 15) is 14.4 Å². The molecule has 0 aliphatic carbocycles. The van der Waals surface area contributed by atoms with Crippen molar-refractivity contribution < 1.29 is 29.0 Å². The van der Waals surface area contributed by atoms with Crippen molar-refractivity contribution in [2.75, 3.05) is 30.0 Å². The van der Waals surface area contributed by atoms with E-state index in [2.05, 4.69) is 33.1 Å². The molecule has 1 aliphatic rings. The number of benzene rings is 3. The molecule has 0 bridgehead atoms. The van der Waals surface area contributed by atoms with E-state index >= 15 is 0 Å². The molecule has 1 amide bonds. The van der Waals surface area contributed by atoms with Crippen LogP contribution in [0.15, 0.2) is 66.7 Å². The predicted molar refractivity (Wildman–Crippen MR) is 214 cm³/mol. The molecule has 1 aliphatic heterocycles. The van der Waals surface area contributed by atoms with Gasteiger partial charge in [0.05, 0.1) is 23.4 Å². The first-order valence-electron chi connectivity index (χ1n) is 18.5. The standard InChI is InChI=1S/C42H44N4O6S2/c1-2-51-40(50)38-36(19-13-27-52-31-23-21-29(22-24-31)14-8-6-4-3-5-7-9-20-37(47)48)54-42(44-38)46-26-25-30-15-12-16-32(33(30)28-46)39(49)45-41-43-34-17-10-11-18-35(34)53-41/h10-12,15-18,21-24H,2-7,9,13,19-20,25-28H2,1H3,(H,47,48)(H,43,45,49). The Morgan fingerprint density at radius 3 is 2.56 bits per heavy atom. The maximum Gasteiger partial charge on any atom is 0.358 e. The van der Waals surface area contributed by atoms with E-state index in [1.54, 1.807) is 6.92 Å². The second kappa shape index (κ2) is 19.2. The summed E-state index contributed by atoms with van der Waals surface area (Å²) in [6, 6.07) is 21.4.